The summed E-state index contributed by atoms with van der Waals surface area (Å²) in [5.41, 5.74) is 0.712. The fourth-order valence-electron chi connectivity index (χ4n) is 2.11. The van der Waals surface area contributed by atoms with E-state index in [4.69, 9.17) is 11.6 Å². The molecule has 0 spiro atoms. The second-order valence-electron chi connectivity index (χ2n) is 4.78. The van der Waals surface area contributed by atoms with E-state index in [1.54, 1.807) is 23.5 Å². The standard InChI is InChI=1S/C16H12ClN3O2S/c17-11-5-3-10(4-6-11)15(13-2-1-9-23-13)18-16(22)12-7-8-14(21)20-19-12/h1-9,15H,(H,18,22)(H,20,21)/t15-/m1/s1. The van der Waals surface area contributed by atoms with Crippen LogP contribution in [0.15, 0.2) is 58.7 Å². The molecule has 3 aromatic rings. The Bertz CT molecular complexity index is 839. The first-order chi connectivity index (χ1) is 11.1. The number of hydrogen-bond donors (Lipinski definition) is 2. The molecule has 1 amide bonds. The van der Waals surface area contributed by atoms with E-state index in [1.807, 2.05) is 29.6 Å². The number of H-pyrrole nitrogens is 1. The van der Waals surface area contributed by atoms with Gasteiger partial charge < -0.3 is 5.32 Å². The predicted octanol–water partition coefficient (Wildman–Crippen LogP) is 3.00. The highest BCUT2D eigenvalue weighted by Gasteiger charge is 2.19. The molecular formula is C16H12ClN3O2S. The van der Waals surface area contributed by atoms with Crippen molar-refractivity contribution in [1.82, 2.24) is 15.5 Å². The minimum Gasteiger partial charge on any atom is -0.339 e. The van der Waals surface area contributed by atoms with Crippen molar-refractivity contribution in [1.29, 1.82) is 0 Å². The third-order valence-corrected chi connectivity index (χ3v) is 4.41. The summed E-state index contributed by atoms with van der Waals surface area (Å²) in [7, 11) is 0. The molecule has 2 aromatic heterocycles. The summed E-state index contributed by atoms with van der Waals surface area (Å²) in [6.45, 7) is 0. The number of nitrogens with zero attached hydrogens (tertiary/aromatic N) is 1. The molecule has 0 fully saturated rings. The number of amides is 1. The zero-order valence-electron chi connectivity index (χ0n) is 11.8. The summed E-state index contributed by atoms with van der Waals surface area (Å²) in [4.78, 5) is 24.4. The van der Waals surface area contributed by atoms with E-state index in [2.05, 4.69) is 15.5 Å². The summed E-state index contributed by atoms with van der Waals surface area (Å²) in [5, 5.41) is 11.5. The summed E-state index contributed by atoms with van der Waals surface area (Å²) >= 11 is 7.47. The molecule has 0 aliphatic rings. The molecule has 1 atom stereocenters. The van der Waals surface area contributed by atoms with Crippen LogP contribution in [0.25, 0.3) is 0 Å². The Morgan fingerprint density at radius 2 is 1.96 bits per heavy atom. The first-order valence-corrected chi connectivity index (χ1v) is 8.05. The van der Waals surface area contributed by atoms with Gasteiger partial charge in [0.2, 0.25) is 0 Å². The molecule has 0 saturated heterocycles. The first-order valence-electron chi connectivity index (χ1n) is 6.79. The van der Waals surface area contributed by atoms with Crippen molar-refractivity contribution in [3.8, 4) is 0 Å². The molecule has 0 saturated carbocycles. The number of halogens is 1. The van der Waals surface area contributed by atoms with Crippen LogP contribution in [0.4, 0.5) is 0 Å². The van der Waals surface area contributed by atoms with Gasteiger partial charge >= 0.3 is 0 Å². The number of rotatable bonds is 4. The van der Waals surface area contributed by atoms with Crippen LogP contribution in [0, 0.1) is 0 Å². The maximum absolute atomic E-state index is 12.4. The Morgan fingerprint density at radius 1 is 1.17 bits per heavy atom. The molecule has 23 heavy (non-hydrogen) atoms. The Labute approximate surface area is 140 Å². The number of aromatic amines is 1. The van der Waals surface area contributed by atoms with Gasteiger partial charge in [0.15, 0.2) is 0 Å². The molecule has 3 rings (SSSR count). The van der Waals surface area contributed by atoms with Gasteiger partial charge in [0.25, 0.3) is 11.5 Å². The Balaban J connectivity index is 1.90. The number of aromatic nitrogens is 2. The molecule has 7 heteroatoms. The van der Waals surface area contributed by atoms with Gasteiger partial charge in [-0.25, -0.2) is 5.10 Å². The minimum atomic E-state index is -0.366. The van der Waals surface area contributed by atoms with Crippen molar-refractivity contribution >= 4 is 28.8 Å². The Hall–Kier alpha value is -2.44. The van der Waals surface area contributed by atoms with E-state index in [0.29, 0.717) is 5.02 Å². The van der Waals surface area contributed by atoms with Crippen LogP contribution in [-0.4, -0.2) is 16.1 Å². The first kappa shape index (κ1) is 15.5. The van der Waals surface area contributed by atoms with E-state index < -0.39 is 0 Å². The lowest BCUT2D eigenvalue weighted by Crippen LogP contribution is -2.30. The molecule has 116 valence electrons. The van der Waals surface area contributed by atoms with Gasteiger partial charge in [-0.2, -0.15) is 5.10 Å². The van der Waals surface area contributed by atoms with Crippen molar-refractivity contribution < 1.29 is 4.79 Å². The van der Waals surface area contributed by atoms with Crippen molar-refractivity contribution in [3.05, 3.63) is 85.4 Å². The highest BCUT2D eigenvalue weighted by molar-refractivity contribution is 7.10. The lowest BCUT2D eigenvalue weighted by Gasteiger charge is -2.18. The second kappa shape index (κ2) is 6.76. The molecule has 0 radical (unpaired) electrons. The maximum Gasteiger partial charge on any atom is 0.272 e. The number of nitrogens with one attached hydrogen (secondary N) is 2. The van der Waals surface area contributed by atoms with Gasteiger partial charge in [0.05, 0.1) is 6.04 Å². The highest BCUT2D eigenvalue weighted by atomic mass is 35.5. The number of benzene rings is 1. The molecule has 0 bridgehead atoms. The van der Waals surface area contributed by atoms with Gasteiger partial charge in [0.1, 0.15) is 5.69 Å². The van der Waals surface area contributed by atoms with E-state index in [0.717, 1.165) is 10.4 Å². The monoisotopic (exact) mass is 345 g/mol. The highest BCUT2D eigenvalue weighted by Crippen LogP contribution is 2.27. The SMILES string of the molecule is O=C(N[C@H](c1ccc(Cl)cc1)c1cccs1)c1ccc(=O)[nH]n1. The number of thiophene rings is 1. The van der Waals surface area contributed by atoms with Gasteiger partial charge in [-0.05, 0) is 35.2 Å². The quantitative estimate of drug-likeness (QED) is 0.763. The summed E-state index contributed by atoms with van der Waals surface area (Å²) in [5.74, 6) is -0.366. The lowest BCUT2D eigenvalue weighted by atomic mass is 10.1. The minimum absolute atomic E-state index is 0.153. The van der Waals surface area contributed by atoms with E-state index in [-0.39, 0.29) is 23.2 Å². The van der Waals surface area contributed by atoms with E-state index >= 15 is 0 Å². The van der Waals surface area contributed by atoms with Crippen LogP contribution in [-0.2, 0) is 0 Å². The smallest absolute Gasteiger partial charge is 0.272 e. The summed E-state index contributed by atoms with van der Waals surface area (Å²) in [6, 6.07) is 13.5. The largest absolute Gasteiger partial charge is 0.339 e. The van der Waals surface area contributed by atoms with Crippen molar-refractivity contribution in [2.45, 2.75) is 6.04 Å². The van der Waals surface area contributed by atoms with E-state index in [1.165, 1.54) is 12.1 Å². The number of hydrogen-bond acceptors (Lipinski definition) is 4. The van der Waals surface area contributed by atoms with Gasteiger partial charge in [-0.15, -0.1) is 11.3 Å². The third-order valence-electron chi connectivity index (χ3n) is 3.22. The average Bonchev–Trinajstić information content (AvgIpc) is 3.08. The summed E-state index contributed by atoms with van der Waals surface area (Å²) < 4.78 is 0. The topological polar surface area (TPSA) is 74.8 Å². The molecule has 0 aliphatic heterocycles. The maximum atomic E-state index is 12.4. The zero-order valence-corrected chi connectivity index (χ0v) is 13.4. The fourth-order valence-corrected chi connectivity index (χ4v) is 3.03. The van der Waals surface area contributed by atoms with Crippen LogP contribution in [0.1, 0.15) is 27.0 Å². The normalized spacial score (nSPS) is 11.9. The molecule has 5 nitrogen and oxygen atoms in total. The molecule has 0 aliphatic carbocycles. The van der Waals surface area contributed by atoms with Crippen LogP contribution in [0.3, 0.4) is 0 Å². The molecule has 0 unspecified atom stereocenters. The van der Waals surface area contributed by atoms with E-state index in [9.17, 15) is 9.59 Å². The predicted molar refractivity (Wildman–Crippen MR) is 89.9 cm³/mol. The third kappa shape index (κ3) is 3.67. The second-order valence-corrected chi connectivity index (χ2v) is 6.20. The number of carbonyl (C=O) groups is 1. The van der Waals surface area contributed by atoms with Crippen molar-refractivity contribution in [2.24, 2.45) is 0 Å². The zero-order chi connectivity index (χ0) is 16.2. The van der Waals surface area contributed by atoms with Gasteiger partial charge in [-0.3, -0.25) is 9.59 Å². The molecule has 1 aromatic carbocycles. The molecule has 2 heterocycles. The fraction of sp³-hybridized carbons (Fsp3) is 0.0625. The van der Waals surface area contributed by atoms with Gasteiger partial charge in [0, 0.05) is 16.0 Å². The number of carbonyl (C=O) groups excluding carboxylic acids is 1. The van der Waals surface area contributed by atoms with Crippen LogP contribution in [0.5, 0.6) is 0 Å². The van der Waals surface area contributed by atoms with Gasteiger partial charge in [-0.1, -0.05) is 29.8 Å². The van der Waals surface area contributed by atoms with Crippen molar-refractivity contribution in [2.75, 3.05) is 0 Å². The van der Waals surface area contributed by atoms with Crippen LogP contribution < -0.4 is 10.9 Å². The lowest BCUT2D eigenvalue weighted by molar-refractivity contribution is 0.0937. The average molecular weight is 346 g/mol. The van der Waals surface area contributed by atoms with Crippen LogP contribution in [0.2, 0.25) is 5.02 Å². The summed E-state index contributed by atoms with van der Waals surface area (Å²) in [6.07, 6.45) is 0. The van der Waals surface area contributed by atoms with Crippen molar-refractivity contribution in [3.63, 3.8) is 0 Å². The Morgan fingerprint density at radius 3 is 2.57 bits per heavy atom. The Kier molecular flexibility index (Phi) is 4.55. The van der Waals surface area contributed by atoms with Crippen LogP contribution >= 0.6 is 22.9 Å². The molecular weight excluding hydrogens is 334 g/mol. The molecule has 2 N–H and O–H groups in total.